The van der Waals surface area contributed by atoms with Gasteiger partial charge in [-0.3, -0.25) is 14.3 Å². The summed E-state index contributed by atoms with van der Waals surface area (Å²) in [7, 11) is -3.87. The summed E-state index contributed by atoms with van der Waals surface area (Å²) in [5.41, 5.74) is -1.89. The van der Waals surface area contributed by atoms with Gasteiger partial charge < -0.3 is 9.47 Å². The minimum Gasteiger partial charge on any atom is -0.428 e. The molecule has 0 spiro atoms. The molecule has 0 fully saturated rings. The minimum absolute atomic E-state index is 0.0214. The molecule has 0 bridgehead atoms. The van der Waals surface area contributed by atoms with Crippen LogP contribution in [-0.2, 0) is 21.5 Å². The molecule has 9 nitrogen and oxygen atoms in total. The predicted octanol–water partition coefficient (Wildman–Crippen LogP) is 1.96. The van der Waals surface area contributed by atoms with Crippen LogP contribution in [0.25, 0.3) is 0 Å². The van der Waals surface area contributed by atoms with Crippen molar-refractivity contribution in [2.75, 3.05) is 12.4 Å². The van der Waals surface area contributed by atoms with Gasteiger partial charge in [0.05, 0.1) is 11.9 Å². The quantitative estimate of drug-likeness (QED) is 0.339. The van der Waals surface area contributed by atoms with Crippen LogP contribution in [-0.4, -0.2) is 42.9 Å². The van der Waals surface area contributed by atoms with Crippen molar-refractivity contribution >= 4 is 10.0 Å². The molecular weight excluding hydrogens is 481 g/mol. The number of aromatic nitrogens is 2. The first-order valence-electron chi connectivity index (χ1n) is 9.32. The Morgan fingerprint density at radius 3 is 2.61 bits per heavy atom. The third kappa shape index (κ3) is 7.94. The van der Waals surface area contributed by atoms with Crippen LogP contribution in [0.3, 0.4) is 0 Å². The fraction of sp³-hybridized carbons (Fsp3) is 0.444. The third-order valence-corrected chi connectivity index (χ3v) is 5.66. The Morgan fingerprint density at radius 1 is 1.24 bits per heavy atom. The molecule has 0 aliphatic heterocycles. The summed E-state index contributed by atoms with van der Waals surface area (Å²) < 4.78 is 100. The van der Waals surface area contributed by atoms with Gasteiger partial charge in [-0.2, -0.15) is 22.0 Å². The average molecular weight is 501 g/mol. The first-order valence-corrected chi connectivity index (χ1v) is 11.0. The average Bonchev–Trinajstić information content (AvgIpc) is 2.70. The van der Waals surface area contributed by atoms with Gasteiger partial charge in [0.2, 0.25) is 15.8 Å². The van der Waals surface area contributed by atoms with Crippen LogP contribution in [0.1, 0.15) is 24.9 Å². The van der Waals surface area contributed by atoms with E-state index in [0.29, 0.717) is 6.20 Å². The Labute approximate surface area is 184 Å². The molecule has 1 heterocycles. The Balaban J connectivity index is 1.86. The van der Waals surface area contributed by atoms with Crippen LogP contribution in [0.2, 0.25) is 0 Å². The molecule has 0 radical (unpaired) electrons. The zero-order valence-electron chi connectivity index (χ0n) is 17.1. The second kappa shape index (κ2) is 10.9. The van der Waals surface area contributed by atoms with Crippen molar-refractivity contribution in [1.82, 2.24) is 14.3 Å². The zero-order valence-corrected chi connectivity index (χ0v) is 17.9. The van der Waals surface area contributed by atoms with Crippen molar-refractivity contribution < 1.29 is 39.8 Å². The molecule has 184 valence electrons. The van der Waals surface area contributed by atoms with Crippen molar-refractivity contribution in [1.29, 1.82) is 0 Å². The number of nitrogens with one attached hydrogen (secondary N) is 2. The van der Waals surface area contributed by atoms with Gasteiger partial charge in [-0.05, 0) is 31.0 Å². The molecule has 2 aromatic rings. The lowest BCUT2D eigenvalue weighted by Gasteiger charge is -2.19. The number of aromatic amines is 1. The Kier molecular flexibility index (Phi) is 8.74. The molecule has 15 heteroatoms. The van der Waals surface area contributed by atoms with Crippen molar-refractivity contribution in [3.8, 4) is 5.75 Å². The van der Waals surface area contributed by atoms with Crippen molar-refractivity contribution in [2.45, 2.75) is 38.7 Å². The summed E-state index contributed by atoms with van der Waals surface area (Å²) in [4.78, 5) is 24.2. The summed E-state index contributed by atoms with van der Waals surface area (Å²) in [6.45, 7) is 0.858. The summed E-state index contributed by atoms with van der Waals surface area (Å²) in [5, 5.41) is 0. The molecule has 0 unspecified atom stereocenters. The van der Waals surface area contributed by atoms with Gasteiger partial charge >= 0.3 is 18.2 Å². The normalized spacial score (nSPS) is 13.3. The maximum atomic E-state index is 13.2. The lowest BCUT2D eigenvalue weighted by atomic mass is 10.1. The van der Waals surface area contributed by atoms with Gasteiger partial charge in [-0.25, -0.2) is 17.9 Å². The molecule has 0 saturated carbocycles. The van der Waals surface area contributed by atoms with E-state index in [0.717, 1.165) is 16.7 Å². The summed E-state index contributed by atoms with van der Waals surface area (Å²) in [5.74, 6) is -2.16. The summed E-state index contributed by atoms with van der Waals surface area (Å²) in [6.07, 6.45) is -8.11. The van der Waals surface area contributed by atoms with E-state index in [2.05, 4.69) is 9.46 Å². The highest BCUT2D eigenvalue weighted by Gasteiger charge is 2.44. The molecule has 0 aliphatic carbocycles. The topological polar surface area (TPSA) is 119 Å². The highest BCUT2D eigenvalue weighted by Crippen LogP contribution is 2.29. The molecule has 1 aromatic heterocycles. The Bertz CT molecular complexity index is 1170. The number of halogens is 5. The first kappa shape index (κ1) is 26.5. The number of sulfonamides is 1. The monoisotopic (exact) mass is 501 g/mol. The third-order valence-electron chi connectivity index (χ3n) is 4.12. The zero-order chi connectivity index (χ0) is 24.8. The second-order valence-corrected chi connectivity index (χ2v) is 8.67. The lowest BCUT2D eigenvalue weighted by Crippen LogP contribution is -2.33. The fourth-order valence-corrected chi connectivity index (χ4v) is 3.83. The van der Waals surface area contributed by atoms with Crippen molar-refractivity contribution in [3.05, 3.63) is 62.7 Å². The highest BCUT2D eigenvalue weighted by atomic mass is 32.2. The van der Waals surface area contributed by atoms with Gasteiger partial charge in [0, 0.05) is 12.6 Å². The molecular formula is C18H20F5N3O6S. The van der Waals surface area contributed by atoms with Gasteiger partial charge in [0.15, 0.2) is 0 Å². The lowest BCUT2D eigenvalue weighted by molar-refractivity contribution is -0.253. The molecule has 33 heavy (non-hydrogen) atoms. The predicted molar refractivity (Wildman–Crippen MR) is 105 cm³/mol. The SMILES string of the molecule is C[C@@H](NS(=O)(=O)CCCOCn1cc(F)c(=O)[nH]c1=O)c1cccc(OC(F)(F)C(F)F)c1. The van der Waals surface area contributed by atoms with E-state index in [1.54, 1.807) is 4.98 Å². The standard InChI is InChI=1S/C18H20F5N3O6S/c1-11(12-4-2-5-13(8-12)32-18(22,23)16(20)21)25-33(29,30)7-3-6-31-10-26-9-14(19)15(27)24-17(26)28/h2,4-5,8-9,11,16,25H,3,6-7,10H2,1H3,(H,24,27,28)/t11-/m1/s1. The van der Waals surface area contributed by atoms with E-state index in [1.165, 1.54) is 19.1 Å². The van der Waals surface area contributed by atoms with Crippen molar-refractivity contribution in [2.24, 2.45) is 0 Å². The van der Waals surface area contributed by atoms with Crippen LogP contribution in [0.15, 0.2) is 40.1 Å². The molecule has 0 aliphatic rings. The van der Waals surface area contributed by atoms with Crippen molar-refractivity contribution in [3.63, 3.8) is 0 Å². The van der Waals surface area contributed by atoms with Crippen LogP contribution in [0.5, 0.6) is 5.75 Å². The largest absolute Gasteiger partial charge is 0.461 e. The second-order valence-electron chi connectivity index (χ2n) is 6.79. The van der Waals surface area contributed by atoms with Crippen LogP contribution in [0.4, 0.5) is 22.0 Å². The van der Waals surface area contributed by atoms with E-state index < -0.39 is 63.9 Å². The molecule has 2 rings (SSSR count). The van der Waals surface area contributed by atoms with Crippen LogP contribution < -0.4 is 20.7 Å². The maximum absolute atomic E-state index is 13.2. The number of H-pyrrole nitrogens is 1. The molecule has 1 aromatic carbocycles. The van der Waals surface area contributed by atoms with E-state index >= 15 is 0 Å². The van der Waals surface area contributed by atoms with Gasteiger partial charge in [-0.1, -0.05) is 12.1 Å². The van der Waals surface area contributed by atoms with E-state index in [-0.39, 0.29) is 18.6 Å². The smallest absolute Gasteiger partial charge is 0.428 e. The van der Waals surface area contributed by atoms with Gasteiger partial charge in [0.1, 0.15) is 12.5 Å². The summed E-state index contributed by atoms with van der Waals surface area (Å²) >= 11 is 0. The van der Waals surface area contributed by atoms with Gasteiger partial charge in [-0.15, -0.1) is 0 Å². The van der Waals surface area contributed by atoms with E-state index in [4.69, 9.17) is 4.74 Å². The molecule has 0 saturated heterocycles. The molecule has 2 N–H and O–H groups in total. The highest BCUT2D eigenvalue weighted by molar-refractivity contribution is 7.89. The van der Waals surface area contributed by atoms with Gasteiger partial charge in [0.25, 0.3) is 5.56 Å². The number of alkyl halides is 4. The van der Waals surface area contributed by atoms with Crippen LogP contribution >= 0.6 is 0 Å². The van der Waals surface area contributed by atoms with Crippen LogP contribution in [0, 0.1) is 5.82 Å². The Hall–Kier alpha value is -2.78. The number of hydrogen-bond donors (Lipinski definition) is 2. The number of ether oxygens (including phenoxy) is 2. The van der Waals surface area contributed by atoms with E-state index in [1.807, 2.05) is 0 Å². The molecule has 0 amide bonds. The number of rotatable bonds is 12. The Morgan fingerprint density at radius 2 is 1.94 bits per heavy atom. The number of hydrogen-bond acceptors (Lipinski definition) is 6. The fourth-order valence-electron chi connectivity index (χ4n) is 2.54. The maximum Gasteiger partial charge on any atom is 0.461 e. The number of benzene rings is 1. The molecule has 1 atom stereocenters. The minimum atomic E-state index is -4.70. The summed E-state index contributed by atoms with van der Waals surface area (Å²) in [6, 6.07) is 3.77. The van der Waals surface area contributed by atoms with E-state index in [9.17, 15) is 40.0 Å². The first-order chi connectivity index (χ1) is 15.3. The number of nitrogens with zero attached hydrogens (tertiary/aromatic N) is 1.